The zero-order valence-corrected chi connectivity index (χ0v) is 16.2. The van der Waals surface area contributed by atoms with Crippen molar-refractivity contribution in [3.63, 3.8) is 0 Å². The Balaban J connectivity index is 1.27. The fraction of sp³-hybridized carbons (Fsp3) is 1.00. The first-order valence-corrected chi connectivity index (χ1v) is 11.5. The Hall–Kier alpha value is 0.170. The van der Waals surface area contributed by atoms with Crippen LogP contribution in [0.25, 0.3) is 0 Å². The van der Waals surface area contributed by atoms with Crippen LogP contribution in [-0.2, 0) is 4.74 Å². The minimum absolute atomic E-state index is 0.251. The van der Waals surface area contributed by atoms with Crippen LogP contribution in [0.1, 0.15) is 77.0 Å². The Morgan fingerprint density at radius 1 is 0.600 bits per heavy atom. The molecule has 0 aromatic carbocycles. The zero-order valence-electron chi connectivity index (χ0n) is 15.5. The van der Waals surface area contributed by atoms with E-state index < -0.39 is 0 Å². The summed E-state index contributed by atoms with van der Waals surface area (Å²) in [5, 5.41) is 0.437. The molecule has 0 spiro atoms. The summed E-state index contributed by atoms with van der Waals surface area (Å²) in [5.74, 6) is 5.09. The second kappa shape index (κ2) is 7.30. The molecule has 142 valence electrons. The topological polar surface area (TPSA) is 33.3 Å². The molecule has 4 heteroatoms. The molecule has 0 aromatic heterocycles. The molecule has 1 heterocycles. The average Bonchev–Trinajstić information content (AvgIpc) is 3.38. The first-order chi connectivity index (χ1) is 12.3. The van der Waals surface area contributed by atoms with Gasteiger partial charge in [0.25, 0.3) is 0 Å². The first-order valence-electron chi connectivity index (χ1n) is 11.1. The number of hydrogen-bond donors (Lipinski definition) is 2. The molecule has 5 fully saturated rings. The van der Waals surface area contributed by atoms with Crippen molar-refractivity contribution < 1.29 is 4.74 Å². The molecule has 2 bridgehead atoms. The summed E-state index contributed by atoms with van der Waals surface area (Å²) in [6, 6.07) is 0. The van der Waals surface area contributed by atoms with Gasteiger partial charge in [0, 0.05) is 11.3 Å². The highest BCUT2D eigenvalue weighted by molar-refractivity contribution is 6.20. The van der Waals surface area contributed by atoms with E-state index in [1.165, 1.54) is 77.0 Å². The lowest BCUT2D eigenvalue weighted by Crippen LogP contribution is -2.45. The van der Waals surface area contributed by atoms with Crippen LogP contribution in [0.3, 0.4) is 0 Å². The van der Waals surface area contributed by atoms with Gasteiger partial charge >= 0.3 is 0 Å². The van der Waals surface area contributed by atoms with Crippen molar-refractivity contribution in [2.45, 2.75) is 94.9 Å². The van der Waals surface area contributed by atoms with E-state index in [9.17, 15) is 0 Å². The van der Waals surface area contributed by atoms with Gasteiger partial charge in [-0.1, -0.05) is 19.3 Å². The van der Waals surface area contributed by atoms with Crippen LogP contribution in [0.4, 0.5) is 0 Å². The Kier molecular flexibility index (Phi) is 5.04. The predicted octanol–water partition coefficient (Wildman–Crippen LogP) is 4.80. The minimum atomic E-state index is 0.251. The second-order valence-corrected chi connectivity index (χ2v) is 10.3. The van der Waals surface area contributed by atoms with Gasteiger partial charge in [-0.15, -0.1) is 11.6 Å². The second-order valence-electron chi connectivity index (χ2n) is 9.66. The fourth-order valence-electron chi connectivity index (χ4n) is 7.24. The van der Waals surface area contributed by atoms with Crippen LogP contribution in [0.15, 0.2) is 0 Å². The number of fused-ring (bicyclic) bond motifs is 2. The maximum absolute atomic E-state index is 6.63. The Morgan fingerprint density at radius 3 is 2.00 bits per heavy atom. The summed E-state index contributed by atoms with van der Waals surface area (Å²) in [4.78, 5) is 0. The predicted molar refractivity (Wildman–Crippen MR) is 101 cm³/mol. The van der Waals surface area contributed by atoms with Crippen LogP contribution in [0, 0.1) is 35.5 Å². The summed E-state index contributed by atoms with van der Waals surface area (Å²) in [6.07, 6.45) is 16.9. The molecule has 2 N–H and O–H groups in total. The molecule has 6 atom stereocenters. The molecule has 0 radical (unpaired) electrons. The normalized spacial score (nSPS) is 51.2. The molecule has 0 aromatic rings. The third-order valence-corrected chi connectivity index (χ3v) is 8.82. The molecule has 3 nitrogen and oxygen atoms in total. The molecule has 5 aliphatic rings. The largest absolute Gasteiger partial charge is 0.342 e. The highest BCUT2D eigenvalue weighted by Gasteiger charge is 2.55. The quantitative estimate of drug-likeness (QED) is 0.703. The van der Waals surface area contributed by atoms with Crippen molar-refractivity contribution in [2.75, 3.05) is 0 Å². The highest BCUT2D eigenvalue weighted by Crippen LogP contribution is 2.58. The number of rotatable bonds is 3. The Bertz CT molecular complexity index is 461. The lowest BCUT2D eigenvalue weighted by molar-refractivity contribution is -0.0672. The Morgan fingerprint density at radius 2 is 1.24 bits per heavy atom. The van der Waals surface area contributed by atoms with E-state index in [1.54, 1.807) is 0 Å². The third-order valence-electron chi connectivity index (χ3n) is 8.38. The maximum atomic E-state index is 6.63. The highest BCUT2D eigenvalue weighted by atomic mass is 35.5. The number of hydrazine groups is 1. The van der Waals surface area contributed by atoms with Gasteiger partial charge in [-0.25, -0.2) is 10.9 Å². The van der Waals surface area contributed by atoms with Crippen molar-refractivity contribution in [2.24, 2.45) is 35.5 Å². The molecule has 4 saturated carbocycles. The smallest absolute Gasteiger partial charge is 0.126 e. The van der Waals surface area contributed by atoms with Crippen LogP contribution >= 0.6 is 11.6 Å². The lowest BCUT2D eigenvalue weighted by Gasteiger charge is -2.41. The SMILES string of the molecule is ClC1CCC(C2C3CCC(C3)C2C2NNC(C3CCCCC3)O2)CC1. The fourth-order valence-corrected chi connectivity index (χ4v) is 7.49. The van der Waals surface area contributed by atoms with E-state index in [2.05, 4.69) is 10.9 Å². The standard InChI is InChI=1S/C21H35ClN2O/c22-17-10-8-13(9-11-17)18-15-6-7-16(12-15)19(18)21-24-23-20(25-21)14-4-2-1-3-5-14/h13-21,23-24H,1-12H2. The van der Waals surface area contributed by atoms with Gasteiger partial charge in [-0.3, -0.25) is 0 Å². The van der Waals surface area contributed by atoms with Gasteiger partial charge in [-0.05, 0) is 87.4 Å². The van der Waals surface area contributed by atoms with E-state index >= 15 is 0 Å². The first kappa shape index (κ1) is 17.3. The molecule has 0 amide bonds. The molecule has 25 heavy (non-hydrogen) atoms. The van der Waals surface area contributed by atoms with Gasteiger partial charge in [0.2, 0.25) is 0 Å². The van der Waals surface area contributed by atoms with Crippen molar-refractivity contribution in [3.8, 4) is 0 Å². The van der Waals surface area contributed by atoms with Crippen LogP contribution in [-0.4, -0.2) is 17.8 Å². The Labute approximate surface area is 157 Å². The van der Waals surface area contributed by atoms with E-state index in [0.29, 0.717) is 5.38 Å². The molecule has 1 saturated heterocycles. The van der Waals surface area contributed by atoms with Crippen molar-refractivity contribution >= 4 is 11.6 Å². The number of halogens is 1. The molecular weight excluding hydrogens is 332 g/mol. The monoisotopic (exact) mass is 366 g/mol. The van der Waals surface area contributed by atoms with Crippen LogP contribution in [0.5, 0.6) is 0 Å². The average molecular weight is 367 g/mol. The summed E-state index contributed by atoms with van der Waals surface area (Å²) < 4.78 is 6.63. The molecular formula is C21H35ClN2O. The number of ether oxygens (including phenoxy) is 1. The minimum Gasteiger partial charge on any atom is -0.342 e. The summed E-state index contributed by atoms with van der Waals surface area (Å²) in [6.45, 7) is 0. The van der Waals surface area contributed by atoms with E-state index in [4.69, 9.17) is 16.3 Å². The van der Waals surface area contributed by atoms with Crippen molar-refractivity contribution in [1.82, 2.24) is 10.9 Å². The number of alkyl halides is 1. The number of nitrogens with one attached hydrogen (secondary N) is 2. The molecule has 4 aliphatic carbocycles. The molecule has 5 rings (SSSR count). The van der Waals surface area contributed by atoms with E-state index in [1.807, 2.05) is 0 Å². The van der Waals surface area contributed by atoms with Crippen molar-refractivity contribution in [1.29, 1.82) is 0 Å². The molecule has 6 unspecified atom stereocenters. The number of hydrogen-bond acceptors (Lipinski definition) is 3. The molecule has 1 aliphatic heterocycles. The summed E-state index contributed by atoms with van der Waals surface area (Å²) in [5.41, 5.74) is 7.16. The lowest BCUT2D eigenvalue weighted by atomic mass is 9.67. The van der Waals surface area contributed by atoms with Gasteiger partial charge in [0.15, 0.2) is 0 Å². The maximum Gasteiger partial charge on any atom is 0.126 e. The summed E-state index contributed by atoms with van der Waals surface area (Å²) >= 11 is 6.39. The van der Waals surface area contributed by atoms with Gasteiger partial charge in [0.1, 0.15) is 12.5 Å². The van der Waals surface area contributed by atoms with Crippen LogP contribution < -0.4 is 10.9 Å². The van der Waals surface area contributed by atoms with E-state index in [0.717, 1.165) is 35.5 Å². The van der Waals surface area contributed by atoms with Crippen LogP contribution in [0.2, 0.25) is 0 Å². The summed E-state index contributed by atoms with van der Waals surface area (Å²) in [7, 11) is 0. The van der Waals surface area contributed by atoms with E-state index in [-0.39, 0.29) is 12.5 Å². The third kappa shape index (κ3) is 3.28. The van der Waals surface area contributed by atoms with Gasteiger partial charge < -0.3 is 4.74 Å². The van der Waals surface area contributed by atoms with Gasteiger partial charge in [-0.2, -0.15) is 0 Å². The zero-order chi connectivity index (χ0) is 16.8. The van der Waals surface area contributed by atoms with Crippen molar-refractivity contribution in [3.05, 3.63) is 0 Å². The van der Waals surface area contributed by atoms with Gasteiger partial charge in [0.05, 0.1) is 0 Å².